The summed E-state index contributed by atoms with van der Waals surface area (Å²) in [7, 11) is 1.31. The smallest absolute Gasteiger partial charge is 0.332 e. The molecule has 3 aromatic rings. The summed E-state index contributed by atoms with van der Waals surface area (Å²) in [6, 6.07) is 27.3. The summed E-state index contributed by atoms with van der Waals surface area (Å²) < 4.78 is 4.92. The molecule has 0 aliphatic rings. The molecule has 4 nitrogen and oxygen atoms in total. The number of esters is 1. The topological polar surface area (TPSA) is 55.4 Å². The van der Waals surface area contributed by atoms with Crippen molar-refractivity contribution >= 4 is 17.4 Å². The zero-order valence-electron chi connectivity index (χ0n) is 15.5. The van der Waals surface area contributed by atoms with Crippen molar-refractivity contribution in [1.82, 2.24) is 5.32 Å². The highest BCUT2D eigenvalue weighted by molar-refractivity contribution is 5.98. The average molecular weight is 371 g/mol. The minimum absolute atomic E-state index is 0.340. The van der Waals surface area contributed by atoms with Gasteiger partial charge in [-0.3, -0.25) is 4.79 Å². The van der Waals surface area contributed by atoms with Crippen molar-refractivity contribution in [1.29, 1.82) is 0 Å². The highest BCUT2D eigenvalue weighted by atomic mass is 16.5. The first-order chi connectivity index (χ1) is 13.7. The number of carbonyl (C=O) groups excluding carboxylic acids is 2. The molecule has 0 aliphatic heterocycles. The fourth-order valence-electron chi connectivity index (χ4n) is 2.87. The molecule has 0 spiro atoms. The van der Waals surface area contributed by atoms with Gasteiger partial charge in [0.2, 0.25) is 0 Å². The van der Waals surface area contributed by atoms with Crippen LogP contribution >= 0.6 is 0 Å². The summed E-state index contributed by atoms with van der Waals surface area (Å²) >= 11 is 0. The van der Waals surface area contributed by atoms with Gasteiger partial charge in [-0.2, -0.15) is 0 Å². The molecule has 3 aromatic carbocycles. The van der Waals surface area contributed by atoms with E-state index < -0.39 is 12.0 Å². The molecule has 0 heterocycles. The van der Waals surface area contributed by atoms with Crippen molar-refractivity contribution in [3.8, 4) is 0 Å². The number of hydrogen-bond donors (Lipinski definition) is 1. The van der Waals surface area contributed by atoms with Gasteiger partial charge in [-0.05, 0) is 34.9 Å². The first-order valence-electron chi connectivity index (χ1n) is 8.95. The number of amides is 1. The average Bonchev–Trinajstić information content (AvgIpc) is 2.77. The summed E-state index contributed by atoms with van der Waals surface area (Å²) in [5.74, 6) is -0.874. The Morgan fingerprint density at radius 3 is 1.61 bits per heavy atom. The number of methoxy groups -OCH3 is 1. The molecule has 0 bridgehead atoms. The molecule has 0 radical (unpaired) electrons. The standard InChI is InChI=1S/C24H21NO3/c1-28-24(27)22(25-23(26)20-15-9-4-10-16-20)17-21(18-11-5-2-6-12-18)19-13-7-3-8-14-19/h2-17,22H,1H3,(H,25,26)/t22-/m0/s1. The summed E-state index contributed by atoms with van der Waals surface area (Å²) in [6.07, 6.45) is 1.73. The Kier molecular flexibility index (Phi) is 6.37. The van der Waals surface area contributed by atoms with Crippen LogP contribution in [0.2, 0.25) is 0 Å². The molecular weight excluding hydrogens is 350 g/mol. The van der Waals surface area contributed by atoms with Crippen LogP contribution in [0.1, 0.15) is 21.5 Å². The molecule has 0 fully saturated rings. The zero-order chi connectivity index (χ0) is 19.8. The lowest BCUT2D eigenvalue weighted by atomic mass is 9.96. The van der Waals surface area contributed by atoms with E-state index in [0.717, 1.165) is 16.7 Å². The largest absolute Gasteiger partial charge is 0.467 e. The first kappa shape index (κ1) is 19.1. The van der Waals surface area contributed by atoms with Gasteiger partial charge < -0.3 is 10.1 Å². The second-order valence-electron chi connectivity index (χ2n) is 6.15. The monoisotopic (exact) mass is 371 g/mol. The van der Waals surface area contributed by atoms with E-state index in [1.165, 1.54) is 7.11 Å². The minimum Gasteiger partial charge on any atom is -0.467 e. The summed E-state index contributed by atoms with van der Waals surface area (Å²) in [6.45, 7) is 0. The number of benzene rings is 3. The maximum atomic E-state index is 12.6. The third-order valence-corrected chi connectivity index (χ3v) is 4.28. The quantitative estimate of drug-likeness (QED) is 0.664. The van der Waals surface area contributed by atoms with Crippen LogP contribution in [0.15, 0.2) is 97.1 Å². The minimum atomic E-state index is -0.923. The molecular formula is C24H21NO3. The molecule has 28 heavy (non-hydrogen) atoms. The second kappa shape index (κ2) is 9.33. The summed E-state index contributed by atoms with van der Waals surface area (Å²) in [5, 5.41) is 2.76. The van der Waals surface area contributed by atoms with Gasteiger partial charge >= 0.3 is 5.97 Å². The van der Waals surface area contributed by atoms with E-state index in [2.05, 4.69) is 5.32 Å². The number of nitrogens with one attached hydrogen (secondary N) is 1. The fraction of sp³-hybridized carbons (Fsp3) is 0.0833. The van der Waals surface area contributed by atoms with Gasteiger partial charge in [0.25, 0.3) is 5.91 Å². The van der Waals surface area contributed by atoms with E-state index in [1.54, 1.807) is 30.3 Å². The van der Waals surface area contributed by atoms with Crippen LogP contribution in [0.5, 0.6) is 0 Å². The maximum absolute atomic E-state index is 12.6. The van der Waals surface area contributed by atoms with Gasteiger partial charge in [-0.25, -0.2) is 4.79 Å². The van der Waals surface area contributed by atoms with Crippen LogP contribution in [-0.4, -0.2) is 25.0 Å². The molecule has 1 amide bonds. The zero-order valence-corrected chi connectivity index (χ0v) is 15.5. The van der Waals surface area contributed by atoms with E-state index in [1.807, 2.05) is 66.7 Å². The van der Waals surface area contributed by atoms with Crippen molar-refractivity contribution in [2.45, 2.75) is 6.04 Å². The highest BCUT2D eigenvalue weighted by Gasteiger charge is 2.21. The molecule has 0 saturated carbocycles. The Balaban J connectivity index is 2.00. The number of carbonyl (C=O) groups is 2. The normalized spacial score (nSPS) is 11.2. The molecule has 1 N–H and O–H groups in total. The predicted molar refractivity (Wildman–Crippen MR) is 110 cm³/mol. The molecule has 1 atom stereocenters. The third-order valence-electron chi connectivity index (χ3n) is 4.28. The van der Waals surface area contributed by atoms with Gasteiger partial charge in [0, 0.05) is 5.56 Å². The highest BCUT2D eigenvalue weighted by Crippen LogP contribution is 2.24. The lowest BCUT2D eigenvalue weighted by Gasteiger charge is -2.16. The predicted octanol–water partition coefficient (Wildman–Crippen LogP) is 4.09. The number of hydrogen-bond acceptors (Lipinski definition) is 3. The van der Waals surface area contributed by atoms with Crippen LogP contribution in [-0.2, 0) is 9.53 Å². The molecule has 140 valence electrons. The lowest BCUT2D eigenvalue weighted by Crippen LogP contribution is -2.40. The second-order valence-corrected chi connectivity index (χ2v) is 6.15. The SMILES string of the molecule is COC(=O)[C@H](C=C(c1ccccc1)c1ccccc1)NC(=O)c1ccccc1. The summed E-state index contributed by atoms with van der Waals surface area (Å²) in [4.78, 5) is 25.0. The van der Waals surface area contributed by atoms with E-state index in [4.69, 9.17) is 4.74 Å². The van der Waals surface area contributed by atoms with Gasteiger partial charge in [0.05, 0.1) is 7.11 Å². The molecule has 0 aromatic heterocycles. The molecule has 4 heteroatoms. The molecule has 0 aliphatic carbocycles. The maximum Gasteiger partial charge on any atom is 0.332 e. The number of rotatable bonds is 6. The fourth-order valence-corrected chi connectivity index (χ4v) is 2.87. The van der Waals surface area contributed by atoms with Gasteiger partial charge in [0.1, 0.15) is 6.04 Å². The van der Waals surface area contributed by atoms with Crippen LogP contribution < -0.4 is 5.32 Å². The van der Waals surface area contributed by atoms with Crippen molar-refractivity contribution in [3.05, 3.63) is 114 Å². The van der Waals surface area contributed by atoms with Crippen molar-refractivity contribution in [2.75, 3.05) is 7.11 Å². The van der Waals surface area contributed by atoms with E-state index in [9.17, 15) is 9.59 Å². The van der Waals surface area contributed by atoms with Gasteiger partial charge in [-0.1, -0.05) is 78.9 Å². The Bertz CT molecular complexity index is 909. The van der Waals surface area contributed by atoms with Crippen molar-refractivity contribution in [3.63, 3.8) is 0 Å². The van der Waals surface area contributed by atoms with Gasteiger partial charge in [0.15, 0.2) is 0 Å². The lowest BCUT2D eigenvalue weighted by molar-refractivity contribution is -0.141. The van der Waals surface area contributed by atoms with Crippen molar-refractivity contribution < 1.29 is 14.3 Å². The van der Waals surface area contributed by atoms with E-state index in [0.29, 0.717) is 5.56 Å². The third kappa shape index (κ3) is 4.74. The van der Waals surface area contributed by atoms with Crippen LogP contribution in [0, 0.1) is 0 Å². The van der Waals surface area contributed by atoms with Crippen molar-refractivity contribution in [2.24, 2.45) is 0 Å². The molecule has 3 rings (SSSR count). The Morgan fingerprint density at radius 2 is 1.18 bits per heavy atom. The van der Waals surface area contributed by atoms with E-state index in [-0.39, 0.29) is 5.91 Å². The molecule has 0 saturated heterocycles. The molecule has 0 unspecified atom stereocenters. The Labute approximate surface area is 164 Å². The van der Waals surface area contributed by atoms with Crippen LogP contribution in [0.25, 0.3) is 5.57 Å². The Morgan fingerprint density at radius 1 is 0.750 bits per heavy atom. The first-order valence-corrected chi connectivity index (χ1v) is 8.95. The van der Waals surface area contributed by atoms with Crippen LogP contribution in [0.3, 0.4) is 0 Å². The summed E-state index contributed by atoms with van der Waals surface area (Å²) in [5.41, 5.74) is 3.20. The number of ether oxygens (including phenoxy) is 1. The Hall–Kier alpha value is -3.66. The van der Waals surface area contributed by atoms with E-state index >= 15 is 0 Å². The van der Waals surface area contributed by atoms with Gasteiger partial charge in [-0.15, -0.1) is 0 Å². The van der Waals surface area contributed by atoms with Crippen LogP contribution in [0.4, 0.5) is 0 Å².